The fraction of sp³-hybridized carbons (Fsp3) is 0.421. The van der Waals surface area contributed by atoms with Crippen LogP contribution in [0, 0.1) is 6.92 Å². The van der Waals surface area contributed by atoms with Crippen molar-refractivity contribution in [3.05, 3.63) is 45.8 Å². The molecule has 1 aromatic heterocycles. The van der Waals surface area contributed by atoms with Crippen molar-refractivity contribution in [1.29, 1.82) is 0 Å². The monoisotopic (exact) mass is 358 g/mol. The highest BCUT2D eigenvalue weighted by atomic mass is 16.6. The van der Waals surface area contributed by atoms with Crippen LogP contribution < -0.4 is 10.7 Å². The molecule has 0 aliphatic carbocycles. The van der Waals surface area contributed by atoms with Crippen LogP contribution in [0.15, 0.2) is 33.5 Å². The number of carbonyl (C=O) groups is 2. The van der Waals surface area contributed by atoms with Gasteiger partial charge in [0.2, 0.25) is 0 Å². The molecule has 2 amide bonds. The summed E-state index contributed by atoms with van der Waals surface area (Å²) in [7, 11) is 0. The number of piperidine rings is 1. The minimum absolute atomic E-state index is 0.000764. The van der Waals surface area contributed by atoms with E-state index in [2.05, 4.69) is 5.32 Å². The molecule has 138 valence electrons. The van der Waals surface area contributed by atoms with Crippen molar-refractivity contribution in [3.63, 3.8) is 0 Å². The molecule has 2 heterocycles. The summed E-state index contributed by atoms with van der Waals surface area (Å²) in [6.45, 7) is 5.04. The van der Waals surface area contributed by atoms with Crippen LogP contribution in [-0.2, 0) is 4.74 Å². The van der Waals surface area contributed by atoms with Gasteiger partial charge in [-0.3, -0.25) is 9.59 Å². The molecular formula is C19H22N2O5. The highest BCUT2D eigenvalue weighted by Crippen LogP contribution is 2.16. The number of amides is 2. The van der Waals surface area contributed by atoms with Gasteiger partial charge in [0.15, 0.2) is 11.2 Å². The van der Waals surface area contributed by atoms with Crippen molar-refractivity contribution in [1.82, 2.24) is 10.2 Å². The molecular weight excluding hydrogens is 336 g/mol. The second-order valence-electron chi connectivity index (χ2n) is 6.41. The van der Waals surface area contributed by atoms with E-state index in [1.807, 2.05) is 13.0 Å². The molecule has 0 radical (unpaired) electrons. The summed E-state index contributed by atoms with van der Waals surface area (Å²) < 4.78 is 10.6. The van der Waals surface area contributed by atoms with Crippen molar-refractivity contribution >= 4 is 23.0 Å². The van der Waals surface area contributed by atoms with Gasteiger partial charge in [0.05, 0.1) is 12.0 Å². The lowest BCUT2D eigenvalue weighted by Crippen LogP contribution is -2.46. The molecule has 1 aromatic carbocycles. The number of nitrogens with zero attached hydrogens (tertiary/aromatic N) is 1. The Morgan fingerprint density at radius 3 is 2.69 bits per heavy atom. The van der Waals surface area contributed by atoms with Crippen LogP contribution in [0.5, 0.6) is 0 Å². The maximum Gasteiger partial charge on any atom is 0.409 e. The van der Waals surface area contributed by atoms with Gasteiger partial charge in [-0.05, 0) is 38.8 Å². The number of rotatable bonds is 3. The lowest BCUT2D eigenvalue weighted by molar-refractivity contribution is 0.0841. The summed E-state index contributed by atoms with van der Waals surface area (Å²) in [6, 6.07) is 6.42. The van der Waals surface area contributed by atoms with Gasteiger partial charge in [-0.15, -0.1) is 0 Å². The summed E-state index contributed by atoms with van der Waals surface area (Å²) in [5.74, 6) is -0.418. The van der Waals surface area contributed by atoms with Crippen molar-refractivity contribution in [2.24, 2.45) is 0 Å². The van der Waals surface area contributed by atoms with E-state index in [9.17, 15) is 14.4 Å². The maximum atomic E-state index is 12.4. The third-order valence-corrected chi connectivity index (χ3v) is 4.46. The number of nitrogens with one attached hydrogen (secondary N) is 1. The number of hydrogen-bond donors (Lipinski definition) is 1. The number of carbonyl (C=O) groups excluding carboxylic acids is 2. The van der Waals surface area contributed by atoms with E-state index in [-0.39, 0.29) is 23.3 Å². The number of ether oxygens (including phenoxy) is 1. The fourth-order valence-electron chi connectivity index (χ4n) is 3.06. The highest BCUT2D eigenvalue weighted by molar-refractivity contribution is 5.93. The van der Waals surface area contributed by atoms with E-state index in [1.165, 1.54) is 6.07 Å². The van der Waals surface area contributed by atoms with Crippen LogP contribution in [0.3, 0.4) is 0 Å². The number of likely N-dealkylation sites (tertiary alicyclic amines) is 1. The first-order valence-corrected chi connectivity index (χ1v) is 8.75. The Hall–Kier alpha value is -2.83. The predicted molar refractivity (Wildman–Crippen MR) is 96.3 cm³/mol. The molecule has 1 N–H and O–H groups in total. The van der Waals surface area contributed by atoms with Gasteiger partial charge in [-0.25, -0.2) is 4.79 Å². The second kappa shape index (κ2) is 7.59. The van der Waals surface area contributed by atoms with Gasteiger partial charge >= 0.3 is 6.09 Å². The molecule has 7 nitrogen and oxygen atoms in total. The molecule has 3 rings (SSSR count). The molecule has 26 heavy (non-hydrogen) atoms. The van der Waals surface area contributed by atoms with Crippen LogP contribution in [0.2, 0.25) is 0 Å². The first kappa shape index (κ1) is 18.0. The molecule has 1 aliphatic heterocycles. The standard InChI is InChI=1S/C19H22N2O5/c1-3-25-19(24)21-8-6-13(7-9-21)20-18(23)17-11-15(22)14-10-12(2)4-5-16(14)26-17/h4-5,10-11,13H,3,6-9H2,1-2H3,(H,20,23). The minimum Gasteiger partial charge on any atom is -0.451 e. The summed E-state index contributed by atoms with van der Waals surface area (Å²) in [5, 5.41) is 3.34. The van der Waals surface area contributed by atoms with Gasteiger partial charge in [-0.1, -0.05) is 11.6 Å². The zero-order valence-electron chi connectivity index (χ0n) is 14.9. The van der Waals surface area contributed by atoms with Gasteiger partial charge in [0.25, 0.3) is 5.91 Å². The first-order valence-electron chi connectivity index (χ1n) is 8.75. The normalized spacial score (nSPS) is 15.1. The largest absolute Gasteiger partial charge is 0.451 e. The smallest absolute Gasteiger partial charge is 0.409 e. The molecule has 0 bridgehead atoms. The van der Waals surface area contributed by atoms with E-state index in [4.69, 9.17) is 9.15 Å². The van der Waals surface area contributed by atoms with Gasteiger partial charge in [0.1, 0.15) is 5.58 Å². The average Bonchev–Trinajstić information content (AvgIpc) is 2.63. The number of benzene rings is 1. The summed E-state index contributed by atoms with van der Waals surface area (Å²) in [5.41, 5.74) is 1.11. The van der Waals surface area contributed by atoms with Gasteiger partial charge in [0, 0.05) is 25.2 Å². The SMILES string of the molecule is CCOC(=O)N1CCC(NC(=O)c2cc(=O)c3cc(C)ccc3o2)CC1. The zero-order chi connectivity index (χ0) is 18.7. The Balaban J connectivity index is 1.66. The van der Waals surface area contributed by atoms with Crippen molar-refractivity contribution in [2.45, 2.75) is 32.7 Å². The fourth-order valence-corrected chi connectivity index (χ4v) is 3.06. The molecule has 0 saturated carbocycles. The van der Waals surface area contributed by atoms with E-state index in [1.54, 1.807) is 24.0 Å². The van der Waals surface area contributed by atoms with Crippen LogP contribution in [-0.4, -0.2) is 42.6 Å². The Bertz CT molecular complexity index is 881. The summed E-state index contributed by atoms with van der Waals surface area (Å²) in [4.78, 5) is 38.0. The van der Waals surface area contributed by atoms with Gasteiger partial charge in [-0.2, -0.15) is 0 Å². The summed E-state index contributed by atoms with van der Waals surface area (Å²) in [6.07, 6.45) is 0.927. The van der Waals surface area contributed by atoms with E-state index in [0.717, 1.165) is 5.56 Å². The quantitative estimate of drug-likeness (QED) is 0.910. The Morgan fingerprint density at radius 2 is 2.00 bits per heavy atom. The van der Waals surface area contributed by atoms with E-state index in [0.29, 0.717) is 43.5 Å². The van der Waals surface area contributed by atoms with Crippen LogP contribution in [0.4, 0.5) is 4.79 Å². The predicted octanol–water partition coefficient (Wildman–Crippen LogP) is 2.45. The van der Waals surface area contributed by atoms with Crippen LogP contribution in [0.1, 0.15) is 35.9 Å². The van der Waals surface area contributed by atoms with Crippen molar-refractivity contribution in [2.75, 3.05) is 19.7 Å². The Labute approximate surface area is 150 Å². The molecule has 0 unspecified atom stereocenters. The Kier molecular flexibility index (Phi) is 5.25. The number of fused-ring (bicyclic) bond motifs is 1. The highest BCUT2D eigenvalue weighted by Gasteiger charge is 2.25. The lowest BCUT2D eigenvalue weighted by Gasteiger charge is -2.31. The Morgan fingerprint density at radius 1 is 1.27 bits per heavy atom. The van der Waals surface area contributed by atoms with Crippen LogP contribution in [0.25, 0.3) is 11.0 Å². The molecule has 7 heteroatoms. The van der Waals surface area contributed by atoms with Gasteiger partial charge < -0.3 is 19.4 Å². The zero-order valence-corrected chi connectivity index (χ0v) is 14.9. The van der Waals surface area contributed by atoms with Crippen molar-refractivity contribution < 1.29 is 18.7 Å². The molecule has 1 aliphatic rings. The topological polar surface area (TPSA) is 88.9 Å². The molecule has 0 spiro atoms. The van der Waals surface area contributed by atoms with Crippen LogP contribution >= 0.6 is 0 Å². The second-order valence-corrected chi connectivity index (χ2v) is 6.41. The third kappa shape index (κ3) is 3.87. The third-order valence-electron chi connectivity index (χ3n) is 4.46. The molecule has 0 atom stereocenters. The van der Waals surface area contributed by atoms with E-state index < -0.39 is 5.91 Å². The van der Waals surface area contributed by atoms with Crippen molar-refractivity contribution in [3.8, 4) is 0 Å². The number of hydrogen-bond acceptors (Lipinski definition) is 5. The van der Waals surface area contributed by atoms with E-state index >= 15 is 0 Å². The minimum atomic E-state index is -0.417. The molecule has 2 aromatic rings. The molecule has 1 fully saturated rings. The summed E-state index contributed by atoms with van der Waals surface area (Å²) >= 11 is 0. The lowest BCUT2D eigenvalue weighted by atomic mass is 10.1. The average molecular weight is 358 g/mol. The maximum absolute atomic E-state index is 12.4. The molecule has 1 saturated heterocycles. The number of aryl methyl sites for hydroxylation is 1. The first-order chi connectivity index (χ1) is 12.5.